The van der Waals surface area contributed by atoms with Crippen LogP contribution in [-0.4, -0.2) is 9.13 Å². The van der Waals surface area contributed by atoms with Gasteiger partial charge in [0.1, 0.15) is 0 Å². The molecule has 0 saturated heterocycles. The molecule has 0 aliphatic heterocycles. The maximum atomic E-state index is 2.47. The van der Waals surface area contributed by atoms with Crippen LogP contribution in [-0.2, 0) is 0 Å². The van der Waals surface area contributed by atoms with Crippen molar-refractivity contribution in [3.05, 3.63) is 182 Å². The Morgan fingerprint density at radius 2 is 0.843 bits per heavy atom. The summed E-state index contributed by atoms with van der Waals surface area (Å²) in [4.78, 5) is 0. The fraction of sp³-hybridized carbons (Fsp3) is 0. The number of hydrogen-bond donors (Lipinski definition) is 0. The highest BCUT2D eigenvalue weighted by atomic mass is 32.1. The third-order valence-corrected chi connectivity index (χ3v) is 11.7. The highest BCUT2D eigenvalue weighted by Gasteiger charge is 2.23. The summed E-state index contributed by atoms with van der Waals surface area (Å²) < 4.78 is 7.53. The lowest BCUT2D eigenvalue weighted by molar-refractivity contribution is 1.18. The van der Waals surface area contributed by atoms with Gasteiger partial charge in [-0.2, -0.15) is 0 Å². The zero-order valence-electron chi connectivity index (χ0n) is 27.6. The Labute approximate surface area is 298 Å². The van der Waals surface area contributed by atoms with Crippen molar-refractivity contribution in [3.63, 3.8) is 0 Å². The number of aromatic nitrogens is 2. The Bertz CT molecular complexity index is 3130. The van der Waals surface area contributed by atoms with Gasteiger partial charge in [-0.15, -0.1) is 11.3 Å². The van der Waals surface area contributed by atoms with Crippen molar-refractivity contribution in [2.45, 2.75) is 0 Å². The van der Waals surface area contributed by atoms with Crippen molar-refractivity contribution in [2.75, 3.05) is 0 Å². The molecule has 0 N–H and O–H groups in total. The van der Waals surface area contributed by atoms with E-state index >= 15 is 0 Å². The summed E-state index contributed by atoms with van der Waals surface area (Å²) in [5.74, 6) is 0. The van der Waals surface area contributed by atoms with Crippen LogP contribution in [0.4, 0.5) is 0 Å². The number of rotatable bonds is 4. The van der Waals surface area contributed by atoms with Crippen molar-refractivity contribution >= 4 is 75.1 Å². The predicted molar refractivity (Wildman–Crippen MR) is 219 cm³/mol. The molecule has 0 aliphatic carbocycles. The van der Waals surface area contributed by atoms with Gasteiger partial charge in [-0.05, 0) is 65.7 Å². The van der Waals surface area contributed by atoms with Crippen LogP contribution in [0, 0.1) is 0 Å². The first-order valence-corrected chi connectivity index (χ1v) is 18.3. The van der Waals surface area contributed by atoms with Crippen LogP contribution in [0.15, 0.2) is 182 Å². The average Bonchev–Trinajstić information content (AvgIpc) is 3.86. The van der Waals surface area contributed by atoms with Crippen LogP contribution in [0.25, 0.3) is 97.4 Å². The van der Waals surface area contributed by atoms with E-state index in [9.17, 15) is 0 Å². The quantitative estimate of drug-likeness (QED) is 0.177. The lowest BCUT2D eigenvalue weighted by atomic mass is 9.90. The van der Waals surface area contributed by atoms with Crippen molar-refractivity contribution in [2.24, 2.45) is 0 Å². The summed E-state index contributed by atoms with van der Waals surface area (Å²) in [6.07, 6.45) is 0. The Morgan fingerprint density at radius 1 is 0.314 bits per heavy atom. The number of fused-ring (bicyclic) bond motifs is 9. The summed E-state index contributed by atoms with van der Waals surface area (Å²) in [7, 11) is 0. The second-order valence-corrected chi connectivity index (χ2v) is 14.3. The summed E-state index contributed by atoms with van der Waals surface area (Å²) in [6.45, 7) is 0. The largest absolute Gasteiger partial charge is 0.309 e. The van der Waals surface area contributed by atoms with E-state index in [1.165, 1.54) is 86.0 Å². The van der Waals surface area contributed by atoms with Gasteiger partial charge in [0.25, 0.3) is 0 Å². The molecule has 11 aromatic rings. The monoisotopic (exact) mass is 666 g/mol. The first-order valence-electron chi connectivity index (χ1n) is 17.4. The van der Waals surface area contributed by atoms with Crippen LogP contribution in [0.3, 0.4) is 0 Å². The van der Waals surface area contributed by atoms with Gasteiger partial charge in [-0.1, -0.05) is 127 Å². The van der Waals surface area contributed by atoms with Gasteiger partial charge in [0.15, 0.2) is 0 Å². The summed E-state index contributed by atoms with van der Waals surface area (Å²) in [5, 5.41) is 7.63. The molecule has 11 rings (SSSR count). The number of nitrogens with zero attached hydrogens (tertiary/aromatic N) is 2. The number of para-hydroxylation sites is 5. The molecule has 3 aromatic heterocycles. The number of thiophene rings is 1. The van der Waals surface area contributed by atoms with Crippen LogP contribution >= 0.6 is 11.3 Å². The zero-order valence-corrected chi connectivity index (χ0v) is 28.4. The molecular formula is C48H30N2S. The first-order chi connectivity index (χ1) is 25.3. The molecule has 0 bridgehead atoms. The lowest BCUT2D eigenvalue weighted by Gasteiger charge is -2.17. The van der Waals surface area contributed by atoms with E-state index < -0.39 is 0 Å². The molecule has 0 spiro atoms. The zero-order chi connectivity index (χ0) is 33.5. The van der Waals surface area contributed by atoms with Gasteiger partial charge in [-0.25, -0.2) is 0 Å². The smallest absolute Gasteiger partial charge is 0.0619 e. The number of benzene rings is 8. The Kier molecular flexibility index (Phi) is 6.16. The molecule has 51 heavy (non-hydrogen) atoms. The fourth-order valence-corrected chi connectivity index (χ4v) is 9.59. The minimum Gasteiger partial charge on any atom is -0.309 e. The van der Waals surface area contributed by atoms with Crippen LogP contribution < -0.4 is 0 Å². The Balaban J connectivity index is 1.34. The minimum atomic E-state index is 1.16. The van der Waals surface area contributed by atoms with Crippen molar-refractivity contribution in [1.82, 2.24) is 9.13 Å². The van der Waals surface area contributed by atoms with Gasteiger partial charge in [0.05, 0.1) is 22.1 Å². The van der Waals surface area contributed by atoms with E-state index in [4.69, 9.17) is 0 Å². The van der Waals surface area contributed by atoms with Gasteiger partial charge in [0.2, 0.25) is 0 Å². The molecule has 3 heteroatoms. The van der Waals surface area contributed by atoms with Crippen LogP contribution in [0.5, 0.6) is 0 Å². The van der Waals surface area contributed by atoms with Crippen molar-refractivity contribution in [1.29, 1.82) is 0 Å². The highest BCUT2D eigenvalue weighted by Crippen LogP contribution is 2.48. The Morgan fingerprint density at radius 3 is 1.59 bits per heavy atom. The molecule has 0 amide bonds. The van der Waals surface area contributed by atoms with E-state index in [0.29, 0.717) is 0 Å². The second-order valence-electron chi connectivity index (χ2n) is 13.3. The first kappa shape index (κ1) is 28.4. The predicted octanol–water partition coefficient (Wildman–Crippen LogP) is 13.6. The third kappa shape index (κ3) is 4.16. The van der Waals surface area contributed by atoms with E-state index in [1.54, 1.807) is 0 Å². The van der Waals surface area contributed by atoms with Crippen LogP contribution in [0.2, 0.25) is 0 Å². The SMILES string of the molecule is c1ccc(-n2c3ccccc3c3cc(-c4cccc5c4sc4ccccc45)c(-c4cccc5c6ccccc6n(-c6ccccc6)c45)cc32)cc1. The van der Waals surface area contributed by atoms with E-state index in [-0.39, 0.29) is 0 Å². The Hall–Kier alpha value is -6.42. The summed E-state index contributed by atoms with van der Waals surface area (Å²) >= 11 is 1.90. The molecule has 0 fully saturated rings. The molecule has 0 unspecified atom stereocenters. The van der Waals surface area contributed by atoms with Gasteiger partial charge in [-0.3, -0.25) is 0 Å². The average molecular weight is 667 g/mol. The molecule has 0 aliphatic rings. The summed E-state index contributed by atoms with van der Waals surface area (Å²) in [6, 6.07) is 66.7. The lowest BCUT2D eigenvalue weighted by Crippen LogP contribution is -1.97. The van der Waals surface area contributed by atoms with E-state index in [2.05, 4.69) is 191 Å². The highest BCUT2D eigenvalue weighted by molar-refractivity contribution is 7.26. The third-order valence-electron chi connectivity index (χ3n) is 10.5. The van der Waals surface area contributed by atoms with Crippen molar-refractivity contribution < 1.29 is 0 Å². The maximum absolute atomic E-state index is 2.47. The van der Waals surface area contributed by atoms with Crippen molar-refractivity contribution in [3.8, 4) is 33.6 Å². The van der Waals surface area contributed by atoms with E-state index in [0.717, 1.165) is 11.4 Å². The second kappa shape index (κ2) is 11.0. The van der Waals surface area contributed by atoms with Gasteiger partial charge in [0, 0.05) is 64.2 Å². The van der Waals surface area contributed by atoms with Crippen LogP contribution in [0.1, 0.15) is 0 Å². The minimum absolute atomic E-state index is 1.16. The molecule has 2 nitrogen and oxygen atoms in total. The van der Waals surface area contributed by atoms with Gasteiger partial charge >= 0.3 is 0 Å². The number of hydrogen-bond acceptors (Lipinski definition) is 1. The standard InChI is InChI=1S/C48H30N2S/c1-3-15-31(16-4-1)49-43-26-10-8-20-34(43)42-29-40(39-25-14-24-38-35-21-9-12-28-46(35)51-48(38)39)41(30-45(42)49)37-23-13-22-36-33-19-7-11-27-44(33)50(47(36)37)32-17-5-2-6-18-32/h1-30H. The molecular weight excluding hydrogens is 637 g/mol. The molecule has 238 valence electrons. The van der Waals surface area contributed by atoms with Gasteiger partial charge < -0.3 is 9.13 Å². The maximum Gasteiger partial charge on any atom is 0.0619 e. The topological polar surface area (TPSA) is 9.86 Å². The summed E-state index contributed by atoms with van der Waals surface area (Å²) in [5.41, 5.74) is 12.1. The fourth-order valence-electron chi connectivity index (χ4n) is 8.36. The molecule has 3 heterocycles. The molecule has 0 saturated carbocycles. The normalized spacial score (nSPS) is 11.9. The molecule has 0 atom stereocenters. The molecule has 8 aromatic carbocycles. The van der Waals surface area contributed by atoms with E-state index in [1.807, 2.05) is 11.3 Å². The molecule has 0 radical (unpaired) electrons.